The van der Waals surface area contributed by atoms with Gasteiger partial charge in [0, 0.05) is 19.5 Å². The molecule has 1 saturated heterocycles. The molecule has 6 heteroatoms. The van der Waals surface area contributed by atoms with Gasteiger partial charge in [0.2, 0.25) is 11.8 Å². The van der Waals surface area contributed by atoms with Gasteiger partial charge in [0.1, 0.15) is 4.32 Å². The van der Waals surface area contributed by atoms with Crippen molar-refractivity contribution in [2.24, 2.45) is 0 Å². The number of amides is 2. The molecule has 0 aromatic rings. The van der Waals surface area contributed by atoms with Gasteiger partial charge in [0.15, 0.2) is 0 Å². The number of nitrogens with zero attached hydrogens (tertiary/aromatic N) is 1. The van der Waals surface area contributed by atoms with Gasteiger partial charge in [0.05, 0.1) is 5.25 Å². The zero-order valence-corrected chi connectivity index (χ0v) is 13.5. The predicted molar refractivity (Wildman–Crippen MR) is 87.7 cm³/mol. The van der Waals surface area contributed by atoms with Gasteiger partial charge >= 0.3 is 0 Å². The molecule has 2 amide bonds. The van der Waals surface area contributed by atoms with Gasteiger partial charge in [-0.1, -0.05) is 43.4 Å². The number of nitrogens with one attached hydrogen (secondary N) is 1. The summed E-state index contributed by atoms with van der Waals surface area (Å²) in [5.41, 5.74) is 0. The zero-order valence-electron chi connectivity index (χ0n) is 11.9. The largest absolute Gasteiger partial charge is 0.353 e. The van der Waals surface area contributed by atoms with Crippen LogP contribution in [0.15, 0.2) is 12.7 Å². The van der Waals surface area contributed by atoms with Crippen molar-refractivity contribution in [3.8, 4) is 0 Å². The minimum atomic E-state index is 0.00665. The van der Waals surface area contributed by atoms with Crippen molar-refractivity contribution in [2.75, 3.05) is 13.1 Å². The first kappa shape index (κ1) is 17.2. The molecule has 1 fully saturated rings. The zero-order chi connectivity index (χ0) is 15.0. The highest BCUT2D eigenvalue weighted by molar-refractivity contribution is 8.24. The van der Waals surface area contributed by atoms with Gasteiger partial charge in [-0.2, -0.15) is 0 Å². The molecule has 1 aliphatic rings. The molecule has 0 aliphatic carbocycles. The number of carbonyl (C=O) groups is 2. The lowest BCUT2D eigenvalue weighted by molar-refractivity contribution is -0.126. The Kier molecular flexibility index (Phi) is 7.84. The number of hydrogen-bond donors (Lipinski definition) is 1. The van der Waals surface area contributed by atoms with Crippen LogP contribution in [0.25, 0.3) is 0 Å². The fourth-order valence-corrected chi connectivity index (χ4v) is 3.44. The standard InChI is InChI=1S/C14H22N2O2S2/c1-3-9-15-12(17)8-6-5-7-10-16-13(18)11(4-2)20-14(16)19/h3,11H,1,4-10H2,2H3,(H,15,17). The highest BCUT2D eigenvalue weighted by Gasteiger charge is 2.34. The van der Waals surface area contributed by atoms with Crippen LogP contribution in [0.5, 0.6) is 0 Å². The summed E-state index contributed by atoms with van der Waals surface area (Å²) >= 11 is 6.72. The van der Waals surface area contributed by atoms with Crippen molar-refractivity contribution in [1.82, 2.24) is 10.2 Å². The first-order valence-electron chi connectivity index (χ1n) is 6.99. The Morgan fingerprint density at radius 3 is 2.85 bits per heavy atom. The molecular weight excluding hydrogens is 292 g/mol. The van der Waals surface area contributed by atoms with Crippen molar-refractivity contribution < 1.29 is 9.59 Å². The molecule has 0 spiro atoms. The van der Waals surface area contributed by atoms with Crippen LogP contribution in [-0.4, -0.2) is 39.4 Å². The van der Waals surface area contributed by atoms with E-state index in [0.717, 1.165) is 25.7 Å². The molecule has 1 N–H and O–H groups in total. The van der Waals surface area contributed by atoms with Crippen LogP contribution < -0.4 is 5.32 Å². The highest BCUT2D eigenvalue weighted by atomic mass is 32.2. The van der Waals surface area contributed by atoms with Gasteiger partial charge in [0.25, 0.3) is 0 Å². The molecule has 112 valence electrons. The second kappa shape index (κ2) is 9.13. The van der Waals surface area contributed by atoms with Gasteiger partial charge in [-0.3, -0.25) is 14.5 Å². The van der Waals surface area contributed by atoms with Crippen LogP contribution in [0.2, 0.25) is 0 Å². The molecule has 1 aliphatic heterocycles. The molecule has 0 saturated carbocycles. The summed E-state index contributed by atoms with van der Waals surface area (Å²) in [6.07, 6.45) is 5.66. The first-order valence-corrected chi connectivity index (χ1v) is 8.28. The summed E-state index contributed by atoms with van der Waals surface area (Å²) < 4.78 is 0.700. The van der Waals surface area contributed by atoms with Crippen LogP contribution in [0.1, 0.15) is 39.0 Å². The average Bonchev–Trinajstić information content (AvgIpc) is 2.71. The fraction of sp³-hybridized carbons (Fsp3) is 0.643. The molecule has 0 aromatic carbocycles. The molecule has 1 unspecified atom stereocenters. The van der Waals surface area contributed by atoms with Crippen LogP contribution in [-0.2, 0) is 9.59 Å². The molecule has 1 atom stereocenters. The minimum absolute atomic E-state index is 0.00665. The molecule has 4 nitrogen and oxygen atoms in total. The molecule has 0 bridgehead atoms. The summed E-state index contributed by atoms with van der Waals surface area (Å²) in [6, 6.07) is 0. The van der Waals surface area contributed by atoms with E-state index in [1.165, 1.54) is 11.8 Å². The van der Waals surface area contributed by atoms with Crippen molar-refractivity contribution in [3.63, 3.8) is 0 Å². The maximum Gasteiger partial charge on any atom is 0.241 e. The van der Waals surface area contributed by atoms with Gasteiger partial charge in [-0.15, -0.1) is 6.58 Å². The minimum Gasteiger partial charge on any atom is -0.353 e. The Balaban J connectivity index is 2.15. The lowest BCUT2D eigenvalue weighted by Gasteiger charge is -2.15. The smallest absolute Gasteiger partial charge is 0.241 e. The van der Waals surface area contributed by atoms with E-state index in [1.807, 2.05) is 6.92 Å². The Hall–Kier alpha value is -0.880. The van der Waals surface area contributed by atoms with E-state index in [9.17, 15) is 9.59 Å². The van der Waals surface area contributed by atoms with Crippen molar-refractivity contribution in [2.45, 2.75) is 44.3 Å². The van der Waals surface area contributed by atoms with Gasteiger partial charge < -0.3 is 5.32 Å². The molecule has 1 rings (SSSR count). The normalized spacial score (nSPS) is 18.4. The lowest BCUT2D eigenvalue weighted by atomic mass is 10.1. The van der Waals surface area contributed by atoms with Crippen LogP contribution in [0, 0.1) is 0 Å². The van der Waals surface area contributed by atoms with E-state index in [1.54, 1.807) is 11.0 Å². The summed E-state index contributed by atoms with van der Waals surface area (Å²) in [5.74, 6) is 0.200. The van der Waals surface area contributed by atoms with Crippen LogP contribution >= 0.6 is 24.0 Å². The summed E-state index contributed by atoms with van der Waals surface area (Å²) in [7, 11) is 0. The third-order valence-electron chi connectivity index (χ3n) is 3.10. The highest BCUT2D eigenvalue weighted by Crippen LogP contribution is 2.29. The van der Waals surface area contributed by atoms with E-state index in [-0.39, 0.29) is 17.1 Å². The van der Waals surface area contributed by atoms with Crippen molar-refractivity contribution >= 4 is 40.1 Å². The second-order valence-electron chi connectivity index (χ2n) is 4.67. The second-order valence-corrected chi connectivity index (χ2v) is 6.51. The SMILES string of the molecule is C=CCNC(=O)CCCCCN1C(=O)C(CC)SC1=S. The molecule has 0 aromatic heterocycles. The number of thiocarbonyl (C=S) groups is 1. The van der Waals surface area contributed by atoms with Crippen LogP contribution in [0.3, 0.4) is 0 Å². The number of rotatable bonds is 9. The predicted octanol–water partition coefficient (Wildman–Crippen LogP) is 2.49. The molecule has 1 heterocycles. The van der Waals surface area contributed by atoms with E-state index in [4.69, 9.17) is 12.2 Å². The number of hydrogen-bond acceptors (Lipinski definition) is 4. The van der Waals surface area contributed by atoms with E-state index >= 15 is 0 Å². The van der Waals surface area contributed by atoms with E-state index < -0.39 is 0 Å². The van der Waals surface area contributed by atoms with Crippen molar-refractivity contribution in [3.05, 3.63) is 12.7 Å². The quantitative estimate of drug-likeness (QED) is 0.403. The third kappa shape index (κ3) is 5.25. The molecule has 20 heavy (non-hydrogen) atoms. The van der Waals surface area contributed by atoms with Gasteiger partial charge in [-0.05, 0) is 19.3 Å². The number of thioether (sulfide) groups is 1. The Morgan fingerprint density at radius 2 is 2.25 bits per heavy atom. The Labute approximate surface area is 130 Å². The summed E-state index contributed by atoms with van der Waals surface area (Å²) in [5, 5.41) is 2.75. The Bertz CT molecular complexity index is 385. The van der Waals surface area contributed by atoms with Crippen LogP contribution in [0.4, 0.5) is 0 Å². The number of carbonyl (C=O) groups excluding carboxylic acids is 2. The fourth-order valence-electron chi connectivity index (χ4n) is 1.97. The summed E-state index contributed by atoms with van der Waals surface area (Å²) in [6.45, 7) is 6.75. The maximum absolute atomic E-state index is 12.0. The van der Waals surface area contributed by atoms with Crippen molar-refractivity contribution in [1.29, 1.82) is 0 Å². The molecular formula is C14H22N2O2S2. The van der Waals surface area contributed by atoms with E-state index in [0.29, 0.717) is 23.8 Å². The summed E-state index contributed by atoms with van der Waals surface area (Å²) in [4.78, 5) is 25.1. The first-order chi connectivity index (χ1) is 9.60. The topological polar surface area (TPSA) is 49.4 Å². The maximum atomic E-state index is 12.0. The molecule has 0 radical (unpaired) electrons. The van der Waals surface area contributed by atoms with E-state index in [2.05, 4.69) is 11.9 Å². The van der Waals surface area contributed by atoms with Gasteiger partial charge in [-0.25, -0.2) is 0 Å². The lowest BCUT2D eigenvalue weighted by Crippen LogP contribution is -2.32. The monoisotopic (exact) mass is 314 g/mol. The third-order valence-corrected chi connectivity index (χ3v) is 4.86. The Morgan fingerprint density at radius 1 is 1.50 bits per heavy atom. The number of unbranched alkanes of at least 4 members (excludes halogenated alkanes) is 2. The average molecular weight is 314 g/mol.